The average molecular weight is 274 g/mol. The molecule has 1 aliphatic carbocycles. The number of hydrogen-bond donors (Lipinski definition) is 2. The van der Waals surface area contributed by atoms with E-state index in [1.165, 1.54) is 37.2 Å². The number of hydrogen-bond acceptors (Lipinski definition) is 5. The van der Waals surface area contributed by atoms with Crippen LogP contribution >= 0.6 is 11.5 Å². The van der Waals surface area contributed by atoms with Crippen LogP contribution in [0.25, 0.3) is 11.1 Å². The number of nitrogens with two attached hydrogens (primary N) is 1. The van der Waals surface area contributed by atoms with Crippen LogP contribution in [0.2, 0.25) is 0 Å². The van der Waals surface area contributed by atoms with E-state index >= 15 is 0 Å². The van der Waals surface area contributed by atoms with Crippen LogP contribution in [0.3, 0.4) is 0 Å². The Morgan fingerprint density at radius 3 is 2.74 bits per heavy atom. The molecule has 3 rings (SSSR count). The van der Waals surface area contributed by atoms with Gasteiger partial charge in [0, 0.05) is 18.9 Å². The van der Waals surface area contributed by atoms with Crippen molar-refractivity contribution in [3.8, 4) is 11.1 Å². The van der Waals surface area contributed by atoms with E-state index in [0.29, 0.717) is 5.82 Å². The van der Waals surface area contributed by atoms with Crippen molar-refractivity contribution >= 4 is 22.4 Å². The molecule has 1 fully saturated rings. The van der Waals surface area contributed by atoms with Crippen LogP contribution in [0.15, 0.2) is 24.5 Å². The zero-order chi connectivity index (χ0) is 13.1. The molecule has 100 valence electrons. The van der Waals surface area contributed by atoms with E-state index in [-0.39, 0.29) is 0 Å². The predicted octanol–water partition coefficient (Wildman–Crippen LogP) is 3.39. The first-order chi connectivity index (χ1) is 9.34. The van der Waals surface area contributed by atoms with Gasteiger partial charge in [-0.3, -0.25) is 4.98 Å². The van der Waals surface area contributed by atoms with Gasteiger partial charge in [0.25, 0.3) is 0 Å². The van der Waals surface area contributed by atoms with E-state index < -0.39 is 0 Å². The minimum atomic E-state index is 0.602. The summed E-state index contributed by atoms with van der Waals surface area (Å²) in [4.78, 5) is 4.05. The van der Waals surface area contributed by atoms with Gasteiger partial charge in [0.2, 0.25) is 0 Å². The average Bonchev–Trinajstić information content (AvgIpc) is 3.07. The monoisotopic (exact) mass is 274 g/mol. The summed E-state index contributed by atoms with van der Waals surface area (Å²) in [6, 6.07) is 3.95. The topological polar surface area (TPSA) is 63.8 Å². The maximum Gasteiger partial charge on any atom is 0.147 e. The smallest absolute Gasteiger partial charge is 0.147 e. The van der Waals surface area contributed by atoms with Crippen LogP contribution in [0.4, 0.5) is 10.8 Å². The van der Waals surface area contributed by atoms with Gasteiger partial charge < -0.3 is 11.1 Å². The number of nitrogens with one attached hydrogen (secondary N) is 1. The molecular formula is C14H18N4S. The molecule has 4 nitrogen and oxygen atoms in total. The molecule has 0 spiro atoms. The van der Waals surface area contributed by atoms with E-state index in [1.807, 2.05) is 12.1 Å². The zero-order valence-corrected chi connectivity index (χ0v) is 11.6. The number of anilines is 2. The molecule has 0 radical (unpaired) electrons. The molecule has 19 heavy (non-hydrogen) atoms. The quantitative estimate of drug-likeness (QED) is 0.897. The first-order valence-corrected chi connectivity index (χ1v) is 7.51. The molecule has 2 aromatic heterocycles. The molecule has 0 amide bonds. The Balaban J connectivity index is 1.78. The number of rotatable bonds is 4. The fourth-order valence-electron chi connectivity index (χ4n) is 2.67. The van der Waals surface area contributed by atoms with E-state index in [2.05, 4.69) is 14.7 Å². The van der Waals surface area contributed by atoms with Gasteiger partial charge in [-0.2, -0.15) is 4.37 Å². The van der Waals surface area contributed by atoms with Gasteiger partial charge in [0.15, 0.2) is 0 Å². The third-order valence-corrected chi connectivity index (χ3v) is 4.53. The third kappa shape index (κ3) is 2.71. The molecule has 2 aromatic rings. The van der Waals surface area contributed by atoms with Crippen LogP contribution in [-0.2, 0) is 0 Å². The van der Waals surface area contributed by atoms with Crippen LogP contribution < -0.4 is 11.1 Å². The van der Waals surface area contributed by atoms with Crippen molar-refractivity contribution in [2.75, 3.05) is 17.6 Å². The Morgan fingerprint density at radius 1 is 1.26 bits per heavy atom. The highest BCUT2D eigenvalue weighted by molar-refractivity contribution is 7.11. The Morgan fingerprint density at radius 2 is 2.00 bits per heavy atom. The standard InChI is InChI=1S/C14H18N4S/c15-13-12(11-5-7-16-8-6-11)14(19-18-13)17-9-10-3-1-2-4-10/h5-8,10,17H,1-4,9H2,(H2,15,18). The molecule has 0 aliphatic heterocycles. The second kappa shape index (κ2) is 5.57. The summed E-state index contributed by atoms with van der Waals surface area (Å²) in [6.45, 7) is 1.03. The number of nitrogen functional groups attached to an aromatic ring is 1. The maximum absolute atomic E-state index is 6.00. The summed E-state index contributed by atoms with van der Waals surface area (Å²) in [6.07, 6.45) is 8.99. The van der Waals surface area contributed by atoms with Gasteiger partial charge in [-0.15, -0.1) is 0 Å². The maximum atomic E-state index is 6.00. The Bertz CT molecular complexity index is 532. The van der Waals surface area contributed by atoms with E-state index in [9.17, 15) is 0 Å². The first kappa shape index (κ1) is 12.4. The van der Waals surface area contributed by atoms with Gasteiger partial charge in [0.1, 0.15) is 10.8 Å². The highest BCUT2D eigenvalue weighted by Crippen LogP contribution is 2.37. The van der Waals surface area contributed by atoms with Gasteiger partial charge in [-0.05, 0) is 48.0 Å². The minimum Gasteiger partial charge on any atom is -0.382 e. The Kier molecular flexibility index (Phi) is 3.64. The van der Waals surface area contributed by atoms with E-state index in [4.69, 9.17) is 5.73 Å². The molecular weight excluding hydrogens is 256 g/mol. The van der Waals surface area contributed by atoms with Crippen molar-refractivity contribution in [3.05, 3.63) is 24.5 Å². The summed E-state index contributed by atoms with van der Waals surface area (Å²) < 4.78 is 4.27. The Hall–Kier alpha value is -1.62. The van der Waals surface area contributed by atoms with E-state index in [1.54, 1.807) is 12.4 Å². The first-order valence-electron chi connectivity index (χ1n) is 6.74. The van der Waals surface area contributed by atoms with Crippen molar-refractivity contribution in [1.29, 1.82) is 0 Å². The molecule has 5 heteroatoms. The molecule has 0 atom stereocenters. The number of aromatic nitrogens is 2. The molecule has 0 aromatic carbocycles. The van der Waals surface area contributed by atoms with Crippen LogP contribution in [0.5, 0.6) is 0 Å². The van der Waals surface area contributed by atoms with Crippen molar-refractivity contribution in [1.82, 2.24) is 9.36 Å². The third-order valence-electron chi connectivity index (χ3n) is 3.71. The lowest BCUT2D eigenvalue weighted by Gasteiger charge is -2.11. The fourth-order valence-corrected chi connectivity index (χ4v) is 3.41. The number of nitrogens with zero attached hydrogens (tertiary/aromatic N) is 2. The lowest BCUT2D eigenvalue weighted by atomic mass is 10.1. The van der Waals surface area contributed by atoms with Crippen LogP contribution in [-0.4, -0.2) is 15.9 Å². The summed E-state index contributed by atoms with van der Waals surface area (Å²) >= 11 is 1.45. The molecule has 0 unspecified atom stereocenters. The van der Waals surface area contributed by atoms with Crippen molar-refractivity contribution in [2.24, 2.45) is 5.92 Å². The van der Waals surface area contributed by atoms with E-state index in [0.717, 1.165) is 28.6 Å². The number of pyridine rings is 1. The second-order valence-corrected chi connectivity index (χ2v) is 5.81. The zero-order valence-electron chi connectivity index (χ0n) is 10.8. The summed E-state index contributed by atoms with van der Waals surface area (Å²) in [7, 11) is 0. The molecule has 0 bridgehead atoms. The van der Waals surface area contributed by atoms with Crippen molar-refractivity contribution < 1.29 is 0 Å². The van der Waals surface area contributed by atoms with Crippen molar-refractivity contribution in [2.45, 2.75) is 25.7 Å². The largest absolute Gasteiger partial charge is 0.382 e. The minimum absolute atomic E-state index is 0.602. The molecule has 3 N–H and O–H groups in total. The Labute approximate surface area is 117 Å². The van der Waals surface area contributed by atoms with Gasteiger partial charge in [0.05, 0.1) is 5.56 Å². The summed E-state index contributed by atoms with van der Waals surface area (Å²) in [5.74, 6) is 1.40. The molecule has 1 saturated carbocycles. The normalized spacial score (nSPS) is 15.8. The SMILES string of the molecule is Nc1nsc(NCC2CCCC2)c1-c1ccncc1. The lowest BCUT2D eigenvalue weighted by molar-refractivity contribution is 0.580. The molecule has 2 heterocycles. The molecule has 1 aliphatic rings. The lowest BCUT2D eigenvalue weighted by Crippen LogP contribution is -2.10. The summed E-state index contributed by atoms with van der Waals surface area (Å²) in [5.41, 5.74) is 8.09. The van der Waals surface area contributed by atoms with Gasteiger partial charge >= 0.3 is 0 Å². The van der Waals surface area contributed by atoms with Crippen LogP contribution in [0.1, 0.15) is 25.7 Å². The highest BCUT2D eigenvalue weighted by atomic mass is 32.1. The fraction of sp³-hybridized carbons (Fsp3) is 0.429. The highest BCUT2D eigenvalue weighted by Gasteiger charge is 2.17. The van der Waals surface area contributed by atoms with Crippen molar-refractivity contribution in [3.63, 3.8) is 0 Å². The van der Waals surface area contributed by atoms with Gasteiger partial charge in [-0.25, -0.2) is 0 Å². The molecule has 0 saturated heterocycles. The summed E-state index contributed by atoms with van der Waals surface area (Å²) in [5, 5.41) is 4.61. The van der Waals surface area contributed by atoms with Crippen LogP contribution in [0, 0.1) is 5.92 Å². The van der Waals surface area contributed by atoms with Gasteiger partial charge in [-0.1, -0.05) is 12.8 Å². The second-order valence-electron chi connectivity index (χ2n) is 5.04. The predicted molar refractivity (Wildman–Crippen MR) is 80.2 cm³/mol.